The fourth-order valence-corrected chi connectivity index (χ4v) is 4.72. The van der Waals surface area contributed by atoms with Crippen molar-refractivity contribution in [2.75, 3.05) is 7.11 Å². The quantitative estimate of drug-likeness (QED) is 0.119. The van der Waals surface area contributed by atoms with E-state index in [0.29, 0.717) is 31.1 Å². The Labute approximate surface area is 312 Å². The van der Waals surface area contributed by atoms with Crippen molar-refractivity contribution in [3.63, 3.8) is 0 Å². The average Bonchev–Trinajstić information content (AvgIpc) is 3.17. The van der Waals surface area contributed by atoms with Crippen LogP contribution in [0.15, 0.2) is 162 Å². The molecule has 0 saturated heterocycles. The summed E-state index contributed by atoms with van der Waals surface area (Å²) in [4.78, 5) is 21.5. The van der Waals surface area contributed by atoms with Gasteiger partial charge in [0, 0.05) is 4.47 Å². The number of ether oxygens (including phenoxy) is 4. The van der Waals surface area contributed by atoms with Crippen LogP contribution in [0.2, 0.25) is 0 Å². The van der Waals surface area contributed by atoms with E-state index in [1.54, 1.807) is 48.5 Å². The van der Waals surface area contributed by atoms with Gasteiger partial charge in [-0.3, -0.25) is 9.59 Å². The summed E-state index contributed by atoms with van der Waals surface area (Å²) in [7, 11) is 1.39. The molecule has 52 heavy (non-hydrogen) atoms. The number of esters is 1. The third-order valence-corrected chi connectivity index (χ3v) is 7.69. The number of carboxylic acids is 1. The van der Waals surface area contributed by atoms with Gasteiger partial charge in [-0.05, 0) is 95.1 Å². The number of aromatic hydroxyl groups is 1. The van der Waals surface area contributed by atoms with Crippen LogP contribution in [0, 0.1) is 0 Å². The number of phenolic OH excluding ortho intramolecular Hbond substituents is 1. The molecule has 0 heterocycles. The van der Waals surface area contributed by atoms with Crippen LogP contribution in [0.25, 0.3) is 0 Å². The minimum atomic E-state index is -0.847. The summed E-state index contributed by atoms with van der Waals surface area (Å²) in [5.74, 6) is 2.08. The smallest absolute Gasteiger partial charge is 0.309 e. The normalized spacial score (nSPS) is 9.96. The number of halogens is 1. The maximum absolute atomic E-state index is 10.8. The Hall–Kier alpha value is -6.06. The van der Waals surface area contributed by atoms with E-state index in [-0.39, 0.29) is 18.1 Å². The second-order valence-corrected chi connectivity index (χ2v) is 12.1. The molecule has 2 N–H and O–H groups in total. The average molecular weight is 764 g/mol. The predicted molar refractivity (Wildman–Crippen MR) is 204 cm³/mol. The Kier molecular flexibility index (Phi) is 15.8. The van der Waals surface area contributed by atoms with Crippen LogP contribution in [0.4, 0.5) is 0 Å². The number of carbonyl (C=O) groups excluding carboxylic acids is 1. The Morgan fingerprint density at radius 1 is 0.519 bits per heavy atom. The highest BCUT2D eigenvalue weighted by molar-refractivity contribution is 9.10. The van der Waals surface area contributed by atoms with Crippen molar-refractivity contribution in [2.24, 2.45) is 0 Å². The molecule has 0 amide bonds. The first-order valence-corrected chi connectivity index (χ1v) is 17.1. The van der Waals surface area contributed by atoms with E-state index in [9.17, 15) is 9.59 Å². The number of hydrogen-bond donors (Lipinski definition) is 2. The highest BCUT2D eigenvalue weighted by Gasteiger charge is 2.04. The molecule has 9 heteroatoms. The zero-order valence-corrected chi connectivity index (χ0v) is 30.1. The number of benzene rings is 6. The number of phenols is 1. The Morgan fingerprint density at radius 2 is 0.923 bits per heavy atom. The lowest BCUT2D eigenvalue weighted by Gasteiger charge is -2.09. The van der Waals surface area contributed by atoms with Crippen molar-refractivity contribution in [3.05, 3.63) is 184 Å². The monoisotopic (exact) mass is 762 g/mol. The molecule has 0 aliphatic carbocycles. The van der Waals surface area contributed by atoms with E-state index in [4.69, 9.17) is 24.4 Å². The molecule has 0 aromatic heterocycles. The van der Waals surface area contributed by atoms with Crippen molar-refractivity contribution >= 4 is 27.9 Å². The van der Waals surface area contributed by atoms with E-state index in [1.807, 2.05) is 109 Å². The molecule has 266 valence electrons. The van der Waals surface area contributed by atoms with Gasteiger partial charge in [-0.2, -0.15) is 0 Å². The van der Waals surface area contributed by atoms with E-state index in [0.717, 1.165) is 38.2 Å². The van der Waals surface area contributed by atoms with Gasteiger partial charge >= 0.3 is 11.9 Å². The standard InChI is InChI=1S/C21H18O4.C13H12O2.C9H9BrO2/c22-21(23)14-16-6-8-19(9-7-16)25-20-12-10-18(11-13-20)24-15-17-4-2-1-3-5-17;14-12-6-8-13(9-7-12)15-10-11-4-2-1-3-5-11;1-12-9(11)6-7-2-4-8(10)5-3-7/h1-13H,14-15H2,(H,22,23);1-9,14H,10H2;2-5H,6H2,1H3. The highest BCUT2D eigenvalue weighted by atomic mass is 79.9. The summed E-state index contributed by atoms with van der Waals surface area (Å²) in [6.45, 7) is 1.07. The van der Waals surface area contributed by atoms with E-state index >= 15 is 0 Å². The molecule has 0 saturated carbocycles. The van der Waals surface area contributed by atoms with Crippen molar-refractivity contribution < 1.29 is 38.7 Å². The zero-order valence-electron chi connectivity index (χ0n) is 28.6. The molecule has 6 aromatic rings. The lowest BCUT2D eigenvalue weighted by atomic mass is 10.1. The number of rotatable bonds is 12. The number of methoxy groups -OCH3 is 1. The first-order chi connectivity index (χ1) is 25.2. The number of aliphatic carboxylic acids is 1. The number of hydrogen-bond acceptors (Lipinski definition) is 7. The molecule has 0 radical (unpaired) electrons. The minimum absolute atomic E-state index is 0.00767. The molecule has 0 bridgehead atoms. The van der Waals surface area contributed by atoms with Gasteiger partial charge in [0.05, 0.1) is 20.0 Å². The van der Waals surface area contributed by atoms with Crippen molar-refractivity contribution in [1.29, 1.82) is 0 Å². The predicted octanol–water partition coefficient (Wildman–Crippen LogP) is 9.82. The van der Waals surface area contributed by atoms with E-state index in [1.165, 1.54) is 7.11 Å². The van der Waals surface area contributed by atoms with Crippen LogP contribution in [0.1, 0.15) is 22.3 Å². The molecule has 6 rings (SSSR count). The highest BCUT2D eigenvalue weighted by Crippen LogP contribution is 2.25. The van der Waals surface area contributed by atoms with Gasteiger partial charge in [0.25, 0.3) is 0 Å². The van der Waals surface area contributed by atoms with Crippen LogP contribution in [-0.2, 0) is 40.4 Å². The Balaban J connectivity index is 0.000000191. The fourth-order valence-electron chi connectivity index (χ4n) is 4.46. The molecule has 6 aromatic carbocycles. The molecular formula is C43H39BrO8. The molecule has 0 aliphatic heterocycles. The summed E-state index contributed by atoms with van der Waals surface area (Å²) in [6.07, 6.45) is 0.345. The SMILES string of the molecule is COC(=O)Cc1ccc(Br)cc1.O=C(O)Cc1ccc(Oc2ccc(OCc3ccccc3)cc2)cc1.Oc1ccc(OCc2ccccc2)cc1. The van der Waals surface area contributed by atoms with Gasteiger partial charge in [-0.1, -0.05) is 101 Å². The number of carbonyl (C=O) groups is 2. The lowest BCUT2D eigenvalue weighted by Crippen LogP contribution is -2.03. The maximum atomic E-state index is 10.8. The van der Waals surface area contributed by atoms with Crippen LogP contribution in [0.3, 0.4) is 0 Å². The van der Waals surface area contributed by atoms with Gasteiger partial charge in [0.1, 0.15) is 42.0 Å². The van der Waals surface area contributed by atoms with Crippen molar-refractivity contribution in [3.8, 4) is 28.7 Å². The molecule has 0 fully saturated rings. The third-order valence-electron chi connectivity index (χ3n) is 7.16. The van der Waals surface area contributed by atoms with E-state index < -0.39 is 5.97 Å². The fraction of sp³-hybridized carbons (Fsp3) is 0.116. The first kappa shape index (κ1) is 38.7. The summed E-state index contributed by atoms with van der Waals surface area (Å²) in [5.41, 5.74) is 3.95. The summed E-state index contributed by atoms with van der Waals surface area (Å²) >= 11 is 3.31. The van der Waals surface area contributed by atoms with Crippen molar-refractivity contribution in [1.82, 2.24) is 0 Å². The second-order valence-electron chi connectivity index (χ2n) is 11.2. The summed E-state index contributed by atoms with van der Waals surface area (Å²) in [5, 5.41) is 17.9. The lowest BCUT2D eigenvalue weighted by molar-refractivity contribution is -0.140. The van der Waals surface area contributed by atoms with Gasteiger partial charge in [0.15, 0.2) is 0 Å². The molecule has 0 atom stereocenters. The van der Waals surface area contributed by atoms with Crippen LogP contribution in [0.5, 0.6) is 28.7 Å². The van der Waals surface area contributed by atoms with Crippen molar-refractivity contribution in [2.45, 2.75) is 26.1 Å². The summed E-state index contributed by atoms with van der Waals surface area (Å²) in [6, 6.07) is 48.7. The second kappa shape index (κ2) is 21.2. The Bertz CT molecular complexity index is 1910. The van der Waals surface area contributed by atoms with Gasteiger partial charge in [-0.15, -0.1) is 0 Å². The van der Waals surface area contributed by atoms with Gasteiger partial charge in [0.2, 0.25) is 0 Å². The molecular weight excluding hydrogens is 724 g/mol. The number of carboxylic acid groups (broad SMARTS) is 1. The molecule has 0 unspecified atom stereocenters. The summed E-state index contributed by atoms with van der Waals surface area (Å²) < 4.78 is 22.6. The van der Waals surface area contributed by atoms with E-state index in [2.05, 4.69) is 20.7 Å². The Morgan fingerprint density at radius 3 is 1.38 bits per heavy atom. The van der Waals surface area contributed by atoms with Crippen LogP contribution in [-0.4, -0.2) is 29.3 Å². The molecule has 0 spiro atoms. The van der Waals surface area contributed by atoms with Crippen LogP contribution >= 0.6 is 15.9 Å². The zero-order chi connectivity index (χ0) is 37.0. The topological polar surface area (TPSA) is 112 Å². The minimum Gasteiger partial charge on any atom is -0.508 e. The molecule has 0 aliphatic rings. The third kappa shape index (κ3) is 14.8. The van der Waals surface area contributed by atoms with Gasteiger partial charge < -0.3 is 29.2 Å². The van der Waals surface area contributed by atoms with Gasteiger partial charge in [-0.25, -0.2) is 0 Å². The molecule has 8 nitrogen and oxygen atoms in total. The van der Waals surface area contributed by atoms with Crippen LogP contribution < -0.4 is 14.2 Å². The largest absolute Gasteiger partial charge is 0.508 e. The maximum Gasteiger partial charge on any atom is 0.309 e. The first-order valence-electron chi connectivity index (χ1n) is 16.3.